The third kappa shape index (κ3) is 11.6. The van der Waals surface area contributed by atoms with E-state index in [0.717, 1.165) is 43.9 Å². The summed E-state index contributed by atoms with van der Waals surface area (Å²) >= 11 is 0. The van der Waals surface area contributed by atoms with Crippen LogP contribution in [0.15, 0.2) is 57.4 Å². The van der Waals surface area contributed by atoms with Gasteiger partial charge in [0.1, 0.15) is 34.1 Å². The van der Waals surface area contributed by atoms with Crippen molar-refractivity contribution >= 4 is 23.8 Å². The summed E-state index contributed by atoms with van der Waals surface area (Å²) in [4.78, 5) is 57.8. The predicted octanol–water partition coefficient (Wildman–Crippen LogP) is 6.64. The van der Waals surface area contributed by atoms with Crippen molar-refractivity contribution in [2.45, 2.75) is 116 Å². The summed E-state index contributed by atoms with van der Waals surface area (Å²) in [6, 6.07) is 13.2. The summed E-state index contributed by atoms with van der Waals surface area (Å²) in [6.07, 6.45) is 3.86. The second-order valence-corrected chi connectivity index (χ2v) is 16.1. The maximum absolute atomic E-state index is 13.3. The summed E-state index contributed by atoms with van der Waals surface area (Å²) in [5, 5.41) is 32.4. The lowest BCUT2D eigenvalue weighted by Crippen LogP contribution is -2.45. The number of aliphatic hydroxyl groups is 2. The summed E-state index contributed by atoms with van der Waals surface area (Å²) in [5.41, 5.74) is -0.250. The van der Waals surface area contributed by atoms with Crippen molar-refractivity contribution in [1.29, 1.82) is 0 Å². The van der Waals surface area contributed by atoms with E-state index >= 15 is 0 Å². The minimum atomic E-state index is -1.14. The van der Waals surface area contributed by atoms with Gasteiger partial charge in [-0.15, -0.1) is 0 Å². The maximum atomic E-state index is 13.3. The molecular formula is C44H58N4O11. The molecule has 2 fully saturated rings. The Morgan fingerprint density at radius 3 is 1.58 bits per heavy atom. The number of hydrogen-bond donors (Lipinski definition) is 4. The van der Waals surface area contributed by atoms with Crippen LogP contribution >= 0.6 is 0 Å². The first-order valence-corrected chi connectivity index (χ1v) is 19.7. The number of oxazole rings is 2. The van der Waals surface area contributed by atoms with Crippen LogP contribution in [0.1, 0.15) is 155 Å². The van der Waals surface area contributed by atoms with Gasteiger partial charge in [0.25, 0.3) is 5.91 Å². The van der Waals surface area contributed by atoms with Crippen molar-refractivity contribution in [2.75, 3.05) is 27.3 Å². The average Bonchev–Trinajstić information content (AvgIpc) is 3.81. The van der Waals surface area contributed by atoms with Crippen LogP contribution in [-0.4, -0.2) is 93.4 Å². The van der Waals surface area contributed by atoms with E-state index in [4.69, 9.17) is 18.7 Å². The van der Waals surface area contributed by atoms with Gasteiger partial charge < -0.3 is 43.8 Å². The smallest absolute Gasteiger partial charge is 0.338 e. The van der Waals surface area contributed by atoms with E-state index in [-0.39, 0.29) is 34.6 Å². The number of carboxylic acid groups (broad SMARTS) is 1. The average molecular weight is 819 g/mol. The fourth-order valence-electron chi connectivity index (χ4n) is 7.19. The molecule has 15 heteroatoms. The number of ether oxygens (including phenoxy) is 2. The van der Waals surface area contributed by atoms with Crippen molar-refractivity contribution < 1.29 is 52.8 Å². The first-order chi connectivity index (χ1) is 27.7. The Morgan fingerprint density at radius 1 is 0.712 bits per heavy atom. The fraction of sp³-hybridized carbons (Fsp3) is 0.500. The Bertz CT molecular complexity index is 2080. The van der Waals surface area contributed by atoms with Crippen molar-refractivity contribution in [2.24, 2.45) is 0 Å². The van der Waals surface area contributed by atoms with Gasteiger partial charge in [0, 0.05) is 31.1 Å². The molecule has 0 spiro atoms. The number of aromatic nitrogens is 2. The predicted molar refractivity (Wildman–Crippen MR) is 217 cm³/mol. The molecule has 2 aliphatic heterocycles. The Kier molecular flexibility index (Phi) is 15.4. The number of likely N-dealkylation sites (tertiary alicyclic amines) is 1. The molecule has 4 heterocycles. The monoisotopic (exact) mass is 818 g/mol. The van der Waals surface area contributed by atoms with Gasteiger partial charge in [-0.05, 0) is 105 Å². The highest BCUT2D eigenvalue weighted by Crippen LogP contribution is 2.34. The number of methoxy groups -OCH3 is 2. The zero-order valence-electron chi connectivity index (χ0n) is 35.6. The molecule has 4 aromatic rings. The molecule has 15 nitrogen and oxygen atoms in total. The van der Waals surface area contributed by atoms with Gasteiger partial charge in [-0.1, -0.05) is 24.3 Å². The van der Waals surface area contributed by atoms with Gasteiger partial charge in [-0.2, -0.15) is 0 Å². The number of nitrogens with one attached hydrogen (secondary N) is 1. The molecule has 0 radical (unpaired) electrons. The van der Waals surface area contributed by atoms with Crippen molar-refractivity contribution in [3.05, 3.63) is 105 Å². The van der Waals surface area contributed by atoms with Crippen LogP contribution in [0.5, 0.6) is 0 Å². The second kappa shape index (κ2) is 19.6. The molecule has 0 bridgehead atoms. The number of benzene rings is 2. The van der Waals surface area contributed by atoms with E-state index < -0.39 is 29.1 Å². The van der Waals surface area contributed by atoms with Crippen LogP contribution in [0, 0.1) is 13.8 Å². The Labute approximate surface area is 345 Å². The molecule has 6 rings (SSSR count). The number of hydrogen-bond acceptors (Lipinski definition) is 13. The molecule has 4 atom stereocenters. The number of amides is 1. The minimum Gasteiger partial charge on any atom is -0.478 e. The molecule has 1 amide bonds. The van der Waals surface area contributed by atoms with Crippen molar-refractivity contribution in [3.8, 4) is 0 Å². The molecule has 2 aromatic carbocycles. The summed E-state index contributed by atoms with van der Waals surface area (Å²) < 4.78 is 20.8. The number of carbonyl (C=O) groups excluding carboxylic acids is 3. The van der Waals surface area contributed by atoms with Gasteiger partial charge >= 0.3 is 17.9 Å². The lowest BCUT2D eigenvalue weighted by molar-refractivity contribution is 0.0555. The standard InChI is InChI=1S/C22H28N2O5.C13H22N2O2.C9H8O4/c1-13-10-11-15(19-23-18(14(2)29-19)22(3,4)27)12-24(13)20(25)16-8-6-7-9-17(16)21(26)28-5;1-8-5-6-10(7-14-8)12-15-11(9(2)17-12)13(3,4)16;1-13-9(12)7-5-3-2-4-6(7)8(10)11/h6-9,13,15,27H,10-12H2,1-5H3;8,10,14,16H,5-7H2,1-4H3;2-5H,1H3,(H,10,11)/t13-,15?;8-,10?;/m11./s1. The zero-order chi connectivity index (χ0) is 43.8. The summed E-state index contributed by atoms with van der Waals surface area (Å²) in [5.74, 6) is 0.341. The van der Waals surface area contributed by atoms with Crippen LogP contribution in [-0.2, 0) is 20.7 Å². The molecule has 59 heavy (non-hydrogen) atoms. The van der Waals surface area contributed by atoms with Crippen molar-refractivity contribution in [1.82, 2.24) is 20.2 Å². The van der Waals surface area contributed by atoms with E-state index in [9.17, 15) is 29.4 Å². The zero-order valence-corrected chi connectivity index (χ0v) is 35.6. The highest BCUT2D eigenvalue weighted by Gasteiger charge is 2.36. The van der Waals surface area contributed by atoms with E-state index in [1.165, 1.54) is 26.4 Å². The van der Waals surface area contributed by atoms with Gasteiger partial charge in [0.15, 0.2) is 11.8 Å². The van der Waals surface area contributed by atoms with Crippen LogP contribution in [0.3, 0.4) is 0 Å². The molecule has 2 aliphatic rings. The highest BCUT2D eigenvalue weighted by atomic mass is 16.5. The quantitative estimate of drug-likeness (QED) is 0.137. The van der Waals surface area contributed by atoms with Crippen LogP contribution in [0.4, 0.5) is 0 Å². The lowest BCUT2D eigenvalue weighted by Gasteiger charge is -2.37. The molecular weight excluding hydrogens is 761 g/mol. The van der Waals surface area contributed by atoms with Gasteiger partial charge in [-0.3, -0.25) is 4.79 Å². The topological polar surface area (TPSA) is 215 Å². The van der Waals surface area contributed by atoms with Crippen LogP contribution in [0.2, 0.25) is 0 Å². The van der Waals surface area contributed by atoms with E-state index in [1.54, 1.807) is 75.9 Å². The number of nitrogens with zero attached hydrogens (tertiary/aromatic N) is 3. The molecule has 2 unspecified atom stereocenters. The number of piperidine rings is 2. The van der Waals surface area contributed by atoms with Gasteiger partial charge in [0.2, 0.25) is 0 Å². The normalized spacial score (nSPS) is 19.4. The SMILES string of the molecule is COC(=O)c1ccccc1C(=O)N1CC(c2nc(C(C)(C)O)c(C)o2)CC[C@H]1C.COC(=O)c1ccccc1C(=O)O.Cc1oc(C2CC[C@@H](C)NC2)nc1C(C)(C)O. The number of rotatable bonds is 8. The third-order valence-electron chi connectivity index (χ3n) is 10.4. The van der Waals surface area contributed by atoms with Gasteiger partial charge in [0.05, 0.1) is 42.4 Å². The van der Waals surface area contributed by atoms with E-state index in [0.29, 0.717) is 47.1 Å². The summed E-state index contributed by atoms with van der Waals surface area (Å²) in [7, 11) is 2.51. The van der Waals surface area contributed by atoms with E-state index in [2.05, 4.69) is 26.9 Å². The second-order valence-electron chi connectivity index (χ2n) is 16.1. The number of aryl methyl sites for hydroxylation is 2. The Morgan fingerprint density at radius 2 is 1.15 bits per heavy atom. The number of aromatic carboxylic acids is 1. The minimum absolute atomic E-state index is 0.0225. The molecule has 0 aliphatic carbocycles. The Balaban J connectivity index is 0.000000216. The first-order valence-electron chi connectivity index (χ1n) is 19.7. The molecule has 4 N–H and O–H groups in total. The van der Waals surface area contributed by atoms with E-state index in [1.807, 2.05) is 13.8 Å². The third-order valence-corrected chi connectivity index (χ3v) is 10.4. The molecule has 2 saturated heterocycles. The first kappa shape index (κ1) is 46.3. The fourth-order valence-corrected chi connectivity index (χ4v) is 7.19. The lowest BCUT2D eigenvalue weighted by atomic mass is 9.92. The largest absolute Gasteiger partial charge is 0.478 e. The van der Waals surface area contributed by atoms with Crippen molar-refractivity contribution in [3.63, 3.8) is 0 Å². The molecule has 0 saturated carbocycles. The Hall–Kier alpha value is -5.38. The number of carbonyl (C=O) groups is 4. The van der Waals surface area contributed by atoms with Gasteiger partial charge in [-0.25, -0.2) is 24.4 Å². The number of esters is 2. The molecule has 2 aromatic heterocycles. The van der Waals surface area contributed by atoms with Crippen LogP contribution in [0.25, 0.3) is 0 Å². The molecule has 320 valence electrons. The summed E-state index contributed by atoms with van der Waals surface area (Å²) in [6.45, 7) is 16.0. The highest BCUT2D eigenvalue weighted by molar-refractivity contribution is 6.05. The maximum Gasteiger partial charge on any atom is 0.338 e. The van der Waals surface area contributed by atoms with Crippen LogP contribution < -0.4 is 5.32 Å². The number of carboxylic acids is 1.